The predicted octanol–water partition coefficient (Wildman–Crippen LogP) is 2.46. The Morgan fingerprint density at radius 3 is 2.67 bits per heavy atom. The van der Waals surface area contributed by atoms with Gasteiger partial charge in [-0.05, 0) is 47.8 Å². The van der Waals surface area contributed by atoms with Crippen molar-refractivity contribution in [1.29, 1.82) is 0 Å². The van der Waals surface area contributed by atoms with E-state index >= 15 is 0 Å². The van der Waals surface area contributed by atoms with Crippen molar-refractivity contribution in [2.24, 2.45) is 0 Å². The quantitative estimate of drug-likeness (QED) is 0.689. The second kappa shape index (κ2) is 6.89. The molecule has 0 spiro atoms. The first-order chi connectivity index (χ1) is 11.4. The Hall–Kier alpha value is -1.95. The molecule has 1 fully saturated rings. The Kier molecular flexibility index (Phi) is 4.85. The van der Waals surface area contributed by atoms with Gasteiger partial charge in [-0.15, -0.1) is 0 Å². The second-order valence-corrected chi connectivity index (χ2v) is 7.59. The van der Waals surface area contributed by atoms with Gasteiger partial charge in [-0.2, -0.15) is 0 Å². The molecule has 1 saturated heterocycles. The first-order valence-corrected chi connectivity index (χ1v) is 8.82. The summed E-state index contributed by atoms with van der Waals surface area (Å²) in [5.41, 5.74) is 2.37. The zero-order valence-corrected chi connectivity index (χ0v) is 14.9. The first-order valence-electron chi connectivity index (χ1n) is 8.82. The average Bonchev–Trinajstić information content (AvgIpc) is 2.54. The minimum Gasteiger partial charge on any atom is -0.594 e. The number of piperidine rings is 1. The summed E-state index contributed by atoms with van der Waals surface area (Å²) in [7, 11) is 0. The van der Waals surface area contributed by atoms with Crippen LogP contribution in [-0.2, 0) is 5.41 Å². The summed E-state index contributed by atoms with van der Waals surface area (Å²) < 4.78 is 0. The molecule has 1 aliphatic rings. The molecule has 1 aromatic heterocycles. The fourth-order valence-electron chi connectivity index (χ4n) is 3.10. The SMILES string of the molecule is CC(C)(C)c1ccc2c(c1)nc(NCCN1CCCCC1)n[n+]2[O-]. The lowest BCUT2D eigenvalue weighted by Gasteiger charge is -2.26. The van der Waals surface area contributed by atoms with Crippen molar-refractivity contribution in [1.82, 2.24) is 15.0 Å². The molecule has 0 amide bonds. The zero-order valence-electron chi connectivity index (χ0n) is 14.9. The van der Waals surface area contributed by atoms with E-state index in [9.17, 15) is 5.21 Å². The molecule has 0 bridgehead atoms. The molecule has 3 rings (SSSR count). The minimum atomic E-state index is 0.0225. The molecule has 0 unspecified atom stereocenters. The summed E-state index contributed by atoms with van der Waals surface area (Å²) >= 11 is 0. The molecule has 130 valence electrons. The van der Waals surface area contributed by atoms with Crippen LogP contribution in [0.5, 0.6) is 0 Å². The van der Waals surface area contributed by atoms with Crippen molar-refractivity contribution in [2.45, 2.75) is 45.4 Å². The second-order valence-electron chi connectivity index (χ2n) is 7.59. The molecule has 1 aliphatic heterocycles. The van der Waals surface area contributed by atoms with Gasteiger partial charge in [0, 0.05) is 19.2 Å². The lowest BCUT2D eigenvalue weighted by Crippen LogP contribution is -2.36. The maximum atomic E-state index is 12.1. The van der Waals surface area contributed by atoms with Crippen molar-refractivity contribution in [3.63, 3.8) is 0 Å². The summed E-state index contributed by atoms with van der Waals surface area (Å²) in [5.74, 6) is 0.403. The van der Waals surface area contributed by atoms with Gasteiger partial charge in [-0.3, -0.25) is 0 Å². The highest BCUT2D eigenvalue weighted by Gasteiger charge is 2.18. The molecule has 6 heteroatoms. The van der Waals surface area contributed by atoms with E-state index in [4.69, 9.17) is 0 Å². The number of benzene rings is 1. The number of likely N-dealkylation sites (tertiary alicyclic amines) is 1. The monoisotopic (exact) mass is 329 g/mol. The van der Waals surface area contributed by atoms with Crippen molar-refractivity contribution in [2.75, 3.05) is 31.5 Å². The van der Waals surface area contributed by atoms with Gasteiger partial charge in [0.1, 0.15) is 5.52 Å². The van der Waals surface area contributed by atoms with Gasteiger partial charge in [0.25, 0.3) is 11.5 Å². The summed E-state index contributed by atoms with van der Waals surface area (Å²) in [6.45, 7) is 10.5. The van der Waals surface area contributed by atoms with Crippen molar-refractivity contribution in [3.05, 3.63) is 29.0 Å². The van der Waals surface area contributed by atoms with Gasteiger partial charge in [0.05, 0.1) is 5.10 Å². The highest BCUT2D eigenvalue weighted by atomic mass is 16.5. The van der Waals surface area contributed by atoms with Crippen molar-refractivity contribution < 1.29 is 4.85 Å². The van der Waals surface area contributed by atoms with E-state index in [0.717, 1.165) is 31.7 Å². The lowest BCUT2D eigenvalue weighted by molar-refractivity contribution is -0.641. The molecular formula is C18H27N5O. The summed E-state index contributed by atoms with van der Waals surface area (Å²) in [6, 6.07) is 5.77. The molecule has 1 N–H and O–H groups in total. The molecule has 1 aromatic carbocycles. The van der Waals surface area contributed by atoms with E-state index in [-0.39, 0.29) is 5.41 Å². The number of nitrogens with one attached hydrogen (secondary N) is 1. The lowest BCUT2D eigenvalue weighted by atomic mass is 9.87. The molecule has 2 heterocycles. The van der Waals surface area contributed by atoms with Gasteiger partial charge in [-0.25, -0.2) is 4.98 Å². The number of nitrogens with zero attached hydrogens (tertiary/aromatic N) is 4. The van der Waals surface area contributed by atoms with Crippen LogP contribution >= 0.6 is 0 Å². The van der Waals surface area contributed by atoms with Crippen molar-refractivity contribution >= 4 is 17.0 Å². The Morgan fingerprint density at radius 2 is 1.96 bits per heavy atom. The van der Waals surface area contributed by atoms with Crippen molar-refractivity contribution in [3.8, 4) is 0 Å². The number of fused-ring (bicyclic) bond motifs is 1. The van der Waals surface area contributed by atoms with Crippen LogP contribution in [0.3, 0.4) is 0 Å². The fraction of sp³-hybridized carbons (Fsp3) is 0.611. The third kappa shape index (κ3) is 3.93. The maximum Gasteiger partial charge on any atom is 0.290 e. The Balaban J connectivity index is 1.73. The van der Waals surface area contributed by atoms with E-state index in [2.05, 4.69) is 41.1 Å². The number of hydrogen-bond acceptors (Lipinski definition) is 5. The van der Waals surface area contributed by atoms with Crippen LogP contribution in [-0.4, -0.2) is 41.2 Å². The molecular weight excluding hydrogens is 302 g/mol. The van der Waals surface area contributed by atoms with E-state index in [1.54, 1.807) is 6.07 Å². The van der Waals surface area contributed by atoms with Gasteiger partial charge < -0.3 is 15.4 Å². The van der Waals surface area contributed by atoms with Crippen LogP contribution in [0.25, 0.3) is 11.0 Å². The standard InChI is InChI=1S/C18H27N5O/c1-18(2,3)14-7-8-16-15(13-14)20-17(21-23(16)24)19-9-12-22-10-5-4-6-11-22/h7-8,13H,4-6,9-12H2,1-3H3,(H,19,20,21). The minimum absolute atomic E-state index is 0.0225. The molecule has 0 atom stereocenters. The number of rotatable bonds is 4. The van der Waals surface area contributed by atoms with Crippen LogP contribution < -0.4 is 10.2 Å². The Labute approximate surface area is 143 Å². The van der Waals surface area contributed by atoms with Gasteiger partial charge in [0.15, 0.2) is 0 Å². The van der Waals surface area contributed by atoms with Crippen LogP contribution in [0.1, 0.15) is 45.6 Å². The average molecular weight is 329 g/mol. The third-order valence-electron chi connectivity index (χ3n) is 4.62. The van der Waals surface area contributed by atoms with Gasteiger partial charge in [-0.1, -0.05) is 33.3 Å². The largest absolute Gasteiger partial charge is 0.594 e. The molecule has 2 aromatic rings. The molecule has 0 saturated carbocycles. The van der Waals surface area contributed by atoms with E-state index in [0.29, 0.717) is 21.8 Å². The normalized spacial score (nSPS) is 16.5. The van der Waals surface area contributed by atoms with Crippen LogP contribution in [0.4, 0.5) is 5.95 Å². The topological polar surface area (TPSA) is 68.0 Å². The van der Waals surface area contributed by atoms with Gasteiger partial charge in [0.2, 0.25) is 0 Å². The summed E-state index contributed by atoms with van der Waals surface area (Å²) in [5, 5.41) is 19.3. The van der Waals surface area contributed by atoms with E-state index < -0.39 is 0 Å². The maximum absolute atomic E-state index is 12.1. The smallest absolute Gasteiger partial charge is 0.290 e. The third-order valence-corrected chi connectivity index (χ3v) is 4.62. The molecule has 6 nitrogen and oxygen atoms in total. The highest BCUT2D eigenvalue weighted by Crippen LogP contribution is 2.24. The molecule has 0 radical (unpaired) electrons. The number of hydrogen-bond donors (Lipinski definition) is 1. The van der Waals surface area contributed by atoms with Crippen LogP contribution in [0.2, 0.25) is 0 Å². The predicted molar refractivity (Wildman–Crippen MR) is 96.0 cm³/mol. The summed E-state index contributed by atoms with van der Waals surface area (Å²) in [6.07, 6.45) is 3.90. The fourth-order valence-corrected chi connectivity index (χ4v) is 3.10. The number of aromatic nitrogens is 3. The molecule has 0 aliphatic carbocycles. The molecule has 24 heavy (non-hydrogen) atoms. The van der Waals surface area contributed by atoms with E-state index in [1.165, 1.54) is 19.3 Å². The summed E-state index contributed by atoms with van der Waals surface area (Å²) in [4.78, 5) is 7.64. The zero-order chi connectivity index (χ0) is 17.2. The Morgan fingerprint density at radius 1 is 1.21 bits per heavy atom. The van der Waals surface area contributed by atoms with Crippen LogP contribution in [0, 0.1) is 5.21 Å². The van der Waals surface area contributed by atoms with Crippen LogP contribution in [0.15, 0.2) is 18.2 Å². The van der Waals surface area contributed by atoms with Gasteiger partial charge >= 0.3 is 0 Å². The first kappa shape index (κ1) is 16.9. The highest BCUT2D eigenvalue weighted by molar-refractivity contribution is 5.73. The number of anilines is 1. The van der Waals surface area contributed by atoms with E-state index in [1.807, 2.05) is 12.1 Å². The Bertz CT molecular complexity index is 704.